The molecule has 338 valence electrons. The summed E-state index contributed by atoms with van der Waals surface area (Å²) in [5.41, 5.74) is 17.0. The van der Waals surface area contributed by atoms with E-state index in [1.165, 1.54) is 48.0 Å². The summed E-state index contributed by atoms with van der Waals surface area (Å²) in [6, 6.07) is 91.9. The van der Waals surface area contributed by atoms with Crippen LogP contribution in [-0.4, -0.2) is 0 Å². The fourth-order valence-electron chi connectivity index (χ4n) is 11.8. The maximum atomic E-state index is 6.93. The standard InChI is InChI=1S/C67H42N2O2S/c1-3-18-45(19-4-1)68(46-20-5-2-6-21-46)60-42-48(41-54-52-25-10-16-33-64(52)72-66(54)60)69(59-30-17-26-53-51-24-9-14-31-61(51)71-65(53)59)47-37-34-43(35-38-47)44-36-39-58-63(40-44)70-62-32-15-13-29-57(62)67(58)55-27-11-7-22-49(55)50-23-8-12-28-56(50)67/h1-42H. The molecule has 2 aromatic heterocycles. The Morgan fingerprint density at radius 1 is 0.347 bits per heavy atom. The van der Waals surface area contributed by atoms with Gasteiger partial charge < -0.3 is 19.0 Å². The van der Waals surface area contributed by atoms with E-state index in [0.717, 1.165) is 84.3 Å². The van der Waals surface area contributed by atoms with E-state index in [4.69, 9.17) is 9.15 Å². The third-order valence-corrected chi connectivity index (χ3v) is 16.1. The van der Waals surface area contributed by atoms with Crippen molar-refractivity contribution in [3.8, 4) is 33.8 Å². The Hall–Kier alpha value is -9.16. The van der Waals surface area contributed by atoms with Gasteiger partial charge in [0.05, 0.1) is 21.5 Å². The molecule has 1 aliphatic heterocycles. The van der Waals surface area contributed by atoms with Crippen molar-refractivity contribution in [2.75, 3.05) is 9.80 Å². The van der Waals surface area contributed by atoms with Crippen molar-refractivity contribution in [1.82, 2.24) is 0 Å². The van der Waals surface area contributed by atoms with Gasteiger partial charge in [-0.3, -0.25) is 0 Å². The smallest absolute Gasteiger partial charge is 0.159 e. The Kier molecular flexibility index (Phi) is 9.01. The number of rotatable bonds is 7. The molecular formula is C67H42N2O2S. The molecule has 0 atom stereocenters. The number of hydrogen-bond acceptors (Lipinski definition) is 5. The fourth-order valence-corrected chi connectivity index (χ4v) is 13.0. The van der Waals surface area contributed by atoms with Crippen molar-refractivity contribution in [2.45, 2.75) is 5.41 Å². The lowest BCUT2D eigenvalue weighted by Crippen LogP contribution is -2.32. The van der Waals surface area contributed by atoms with E-state index in [1.807, 2.05) is 17.4 Å². The third kappa shape index (κ3) is 5.98. The number of fused-ring (bicyclic) bond motifs is 15. The summed E-state index contributed by atoms with van der Waals surface area (Å²) in [7, 11) is 0. The Morgan fingerprint density at radius 2 is 0.917 bits per heavy atom. The highest BCUT2D eigenvalue weighted by atomic mass is 32.1. The van der Waals surface area contributed by atoms with Gasteiger partial charge in [0.15, 0.2) is 5.58 Å². The van der Waals surface area contributed by atoms with Crippen LogP contribution in [0.5, 0.6) is 11.5 Å². The van der Waals surface area contributed by atoms with E-state index in [1.54, 1.807) is 0 Å². The second-order valence-corrected chi connectivity index (χ2v) is 19.8. The minimum absolute atomic E-state index is 0.512. The molecule has 15 rings (SSSR count). The van der Waals surface area contributed by atoms with Gasteiger partial charge in [0.25, 0.3) is 0 Å². The highest BCUT2D eigenvalue weighted by Crippen LogP contribution is 2.62. The van der Waals surface area contributed by atoms with E-state index >= 15 is 0 Å². The summed E-state index contributed by atoms with van der Waals surface area (Å²) in [5.74, 6) is 1.75. The SMILES string of the molecule is c1ccc(N(c2ccccc2)c2cc(N(c3ccc(-c4ccc5c(c4)Oc4ccccc4C54c5ccccc5-c5ccccc54)cc3)c3cccc4c3oc3ccccc34)cc3c2sc2ccccc23)cc1. The Labute approximate surface area is 420 Å². The molecule has 0 bridgehead atoms. The molecule has 0 saturated heterocycles. The summed E-state index contributed by atoms with van der Waals surface area (Å²) in [6.07, 6.45) is 0. The second kappa shape index (κ2) is 15.9. The zero-order chi connectivity index (χ0) is 47.3. The number of thiophene rings is 1. The van der Waals surface area contributed by atoms with Crippen molar-refractivity contribution >= 4 is 87.6 Å². The molecule has 0 N–H and O–H groups in total. The molecule has 1 aliphatic carbocycles. The molecule has 0 saturated carbocycles. The molecular weight excluding hydrogens is 897 g/mol. The quantitative estimate of drug-likeness (QED) is 0.159. The van der Waals surface area contributed by atoms with Gasteiger partial charge in [-0.2, -0.15) is 0 Å². The van der Waals surface area contributed by atoms with Gasteiger partial charge >= 0.3 is 0 Å². The molecule has 0 amide bonds. The first-order chi connectivity index (χ1) is 35.7. The van der Waals surface area contributed by atoms with Crippen LogP contribution >= 0.6 is 11.3 Å². The summed E-state index contributed by atoms with van der Waals surface area (Å²) in [4.78, 5) is 4.78. The van der Waals surface area contributed by atoms with Gasteiger partial charge in [-0.05, 0) is 112 Å². The lowest BCUT2D eigenvalue weighted by Gasteiger charge is -2.39. The first-order valence-corrected chi connectivity index (χ1v) is 25.3. The van der Waals surface area contributed by atoms with Crippen LogP contribution in [-0.2, 0) is 5.41 Å². The van der Waals surface area contributed by atoms with Gasteiger partial charge in [-0.25, -0.2) is 0 Å². The zero-order valence-corrected chi connectivity index (χ0v) is 39.7. The number of ether oxygens (including phenoxy) is 1. The monoisotopic (exact) mass is 938 g/mol. The number of hydrogen-bond donors (Lipinski definition) is 0. The average Bonchev–Trinajstić information content (AvgIpc) is 4.11. The number of anilines is 6. The molecule has 1 spiro atoms. The van der Waals surface area contributed by atoms with E-state index in [-0.39, 0.29) is 0 Å². The number of benzene rings is 11. The van der Waals surface area contributed by atoms with Crippen LogP contribution in [0, 0.1) is 0 Å². The van der Waals surface area contributed by atoms with Crippen molar-refractivity contribution in [2.24, 2.45) is 0 Å². The van der Waals surface area contributed by atoms with Gasteiger partial charge in [0.2, 0.25) is 0 Å². The first-order valence-electron chi connectivity index (χ1n) is 24.5. The van der Waals surface area contributed by atoms with Crippen LogP contribution in [0.4, 0.5) is 34.1 Å². The minimum Gasteiger partial charge on any atom is -0.457 e. The third-order valence-electron chi connectivity index (χ3n) is 14.9. The normalized spacial score (nSPS) is 12.9. The lowest BCUT2D eigenvalue weighted by atomic mass is 9.66. The molecule has 72 heavy (non-hydrogen) atoms. The Morgan fingerprint density at radius 3 is 1.67 bits per heavy atom. The van der Waals surface area contributed by atoms with Crippen LogP contribution in [0.15, 0.2) is 259 Å². The molecule has 0 fully saturated rings. The molecule has 13 aromatic rings. The van der Waals surface area contributed by atoms with Gasteiger partial charge in [0.1, 0.15) is 17.1 Å². The summed E-state index contributed by atoms with van der Waals surface area (Å²) in [6.45, 7) is 0. The highest BCUT2D eigenvalue weighted by molar-refractivity contribution is 7.26. The highest BCUT2D eigenvalue weighted by Gasteiger charge is 2.51. The fraction of sp³-hybridized carbons (Fsp3) is 0.0149. The molecule has 2 aliphatic rings. The van der Waals surface area contributed by atoms with Crippen molar-refractivity contribution in [3.63, 3.8) is 0 Å². The van der Waals surface area contributed by atoms with Gasteiger partial charge in [-0.15, -0.1) is 11.3 Å². The van der Waals surface area contributed by atoms with Gasteiger partial charge in [-0.1, -0.05) is 176 Å². The topological polar surface area (TPSA) is 28.9 Å². The Balaban J connectivity index is 0.925. The summed E-state index contributed by atoms with van der Waals surface area (Å²) < 4.78 is 16.2. The lowest BCUT2D eigenvalue weighted by molar-refractivity contribution is 0.436. The maximum Gasteiger partial charge on any atom is 0.159 e. The van der Waals surface area contributed by atoms with E-state index in [9.17, 15) is 0 Å². The summed E-state index contributed by atoms with van der Waals surface area (Å²) in [5, 5.41) is 4.58. The van der Waals surface area contributed by atoms with Crippen LogP contribution in [0.2, 0.25) is 0 Å². The van der Waals surface area contributed by atoms with E-state index < -0.39 is 5.41 Å². The number of nitrogens with zero attached hydrogens (tertiary/aromatic N) is 2. The maximum absolute atomic E-state index is 6.93. The molecule has 0 unspecified atom stereocenters. The van der Waals surface area contributed by atoms with Crippen LogP contribution in [0.3, 0.4) is 0 Å². The molecule has 11 aromatic carbocycles. The zero-order valence-electron chi connectivity index (χ0n) is 38.9. The van der Waals surface area contributed by atoms with E-state index in [2.05, 4.69) is 259 Å². The predicted molar refractivity (Wildman–Crippen MR) is 299 cm³/mol. The minimum atomic E-state index is -0.512. The molecule has 3 heterocycles. The number of furan rings is 1. The van der Waals surface area contributed by atoms with Gasteiger partial charge in [0, 0.05) is 60.1 Å². The van der Waals surface area contributed by atoms with Crippen LogP contribution in [0.1, 0.15) is 22.3 Å². The first kappa shape index (κ1) is 40.7. The van der Waals surface area contributed by atoms with Crippen molar-refractivity contribution in [3.05, 3.63) is 277 Å². The van der Waals surface area contributed by atoms with Crippen molar-refractivity contribution < 1.29 is 9.15 Å². The Bertz CT molecular complexity index is 4190. The second-order valence-electron chi connectivity index (χ2n) is 18.7. The molecule has 0 radical (unpaired) electrons. The largest absolute Gasteiger partial charge is 0.457 e. The van der Waals surface area contributed by atoms with E-state index in [0.29, 0.717) is 0 Å². The number of para-hydroxylation sites is 5. The summed E-state index contributed by atoms with van der Waals surface area (Å²) >= 11 is 1.84. The van der Waals surface area contributed by atoms with Crippen LogP contribution < -0.4 is 14.5 Å². The predicted octanol–water partition coefficient (Wildman–Crippen LogP) is 19.0. The molecule has 4 nitrogen and oxygen atoms in total. The van der Waals surface area contributed by atoms with Crippen LogP contribution in [0.25, 0.3) is 64.4 Å². The van der Waals surface area contributed by atoms with Crippen molar-refractivity contribution in [1.29, 1.82) is 0 Å². The average molecular weight is 939 g/mol. The molecule has 5 heteroatoms.